The fourth-order valence-electron chi connectivity index (χ4n) is 4.06. The van der Waals surface area contributed by atoms with E-state index in [0.717, 1.165) is 34.7 Å². The Hall–Kier alpha value is -3.40. The van der Waals surface area contributed by atoms with Crippen LogP contribution in [0.4, 0.5) is 0 Å². The number of carbonyl (C=O) groups is 2. The number of rotatable bonds is 7. The Morgan fingerprint density at radius 3 is 2.40 bits per heavy atom. The highest BCUT2D eigenvalue weighted by molar-refractivity contribution is 6.20. The van der Waals surface area contributed by atoms with Gasteiger partial charge < -0.3 is 9.14 Å². The monoisotopic (exact) mass is 399 g/mol. The van der Waals surface area contributed by atoms with Gasteiger partial charge in [-0.1, -0.05) is 67.9 Å². The van der Waals surface area contributed by atoms with E-state index in [1.165, 1.54) is 0 Å². The molecule has 152 valence electrons. The largest absolute Gasteiger partial charge is 0.461 e. The first-order valence-electron chi connectivity index (χ1n) is 10.5. The second-order valence-corrected chi connectivity index (χ2v) is 7.34. The molecule has 0 spiro atoms. The molecule has 0 unspecified atom stereocenters. The van der Waals surface area contributed by atoms with Gasteiger partial charge in [0.25, 0.3) is 0 Å². The summed E-state index contributed by atoms with van der Waals surface area (Å²) in [5.41, 5.74) is 3.24. The van der Waals surface area contributed by atoms with Crippen molar-refractivity contribution in [2.45, 2.75) is 33.1 Å². The number of fused-ring (bicyclic) bond motifs is 3. The Bertz CT molecular complexity index is 1220. The first kappa shape index (κ1) is 19.9. The van der Waals surface area contributed by atoms with Crippen LogP contribution in [0.15, 0.2) is 66.9 Å². The molecule has 2 heterocycles. The summed E-state index contributed by atoms with van der Waals surface area (Å²) in [6.45, 7) is 4.19. The van der Waals surface area contributed by atoms with Crippen LogP contribution >= 0.6 is 0 Å². The van der Waals surface area contributed by atoms with Crippen LogP contribution in [0, 0.1) is 0 Å². The van der Waals surface area contributed by atoms with E-state index in [0.29, 0.717) is 23.2 Å². The highest BCUT2D eigenvalue weighted by Crippen LogP contribution is 2.33. The summed E-state index contributed by atoms with van der Waals surface area (Å²) >= 11 is 0. The molecule has 2 aromatic heterocycles. The lowest BCUT2D eigenvalue weighted by Crippen LogP contribution is -2.11. The SMILES string of the molecule is CCCCc1c(C(=O)c2ccccc2)c2c3ccccc3ccn2c1C(=O)OCC. The minimum atomic E-state index is -0.388. The highest BCUT2D eigenvalue weighted by Gasteiger charge is 2.29. The fraction of sp³-hybridized carbons (Fsp3) is 0.231. The molecule has 4 heteroatoms. The number of unbranched alkanes of at least 4 members (excludes halogenated alkanes) is 1. The summed E-state index contributed by atoms with van der Waals surface area (Å²) in [6.07, 6.45) is 4.38. The molecule has 0 atom stereocenters. The third-order valence-corrected chi connectivity index (χ3v) is 5.44. The summed E-state index contributed by atoms with van der Waals surface area (Å²) in [4.78, 5) is 26.7. The minimum Gasteiger partial charge on any atom is -0.461 e. The molecule has 0 aliphatic heterocycles. The predicted octanol–water partition coefficient (Wildman–Crippen LogP) is 5.84. The van der Waals surface area contributed by atoms with E-state index in [9.17, 15) is 9.59 Å². The van der Waals surface area contributed by atoms with Gasteiger partial charge in [0, 0.05) is 17.1 Å². The van der Waals surface area contributed by atoms with Gasteiger partial charge in [-0.25, -0.2) is 4.79 Å². The first-order valence-corrected chi connectivity index (χ1v) is 10.5. The second kappa shape index (κ2) is 8.54. The summed E-state index contributed by atoms with van der Waals surface area (Å²) in [5.74, 6) is -0.452. The molecule has 0 aliphatic rings. The van der Waals surface area contributed by atoms with Crippen molar-refractivity contribution in [3.8, 4) is 0 Å². The molecule has 0 bridgehead atoms. The van der Waals surface area contributed by atoms with Gasteiger partial charge in [-0.05, 0) is 36.8 Å². The Balaban J connectivity index is 2.11. The van der Waals surface area contributed by atoms with Gasteiger partial charge >= 0.3 is 5.97 Å². The van der Waals surface area contributed by atoms with Crippen molar-refractivity contribution in [1.82, 2.24) is 4.40 Å². The molecule has 4 nitrogen and oxygen atoms in total. The molecule has 2 aromatic carbocycles. The average Bonchev–Trinajstić information content (AvgIpc) is 3.12. The van der Waals surface area contributed by atoms with Crippen LogP contribution in [0.2, 0.25) is 0 Å². The minimum absolute atomic E-state index is 0.0638. The number of nitrogens with zero attached hydrogens (tertiary/aromatic N) is 1. The Labute approximate surface area is 176 Å². The lowest BCUT2D eigenvalue weighted by atomic mass is 9.95. The summed E-state index contributed by atoms with van der Waals surface area (Å²) in [7, 11) is 0. The predicted molar refractivity (Wildman–Crippen MR) is 119 cm³/mol. The molecule has 0 radical (unpaired) electrons. The van der Waals surface area contributed by atoms with E-state index in [1.807, 2.05) is 71.3 Å². The molecule has 30 heavy (non-hydrogen) atoms. The standard InChI is InChI=1S/C26H25NO3/c1-3-5-14-21-22(25(28)19-12-7-6-8-13-19)23-20-15-10-9-11-18(20)16-17-27(23)24(21)26(29)30-4-2/h6-13,15-17H,3-5,14H2,1-2H3. The van der Waals surface area contributed by atoms with E-state index in [1.54, 1.807) is 6.92 Å². The maximum absolute atomic E-state index is 13.7. The van der Waals surface area contributed by atoms with Crippen molar-refractivity contribution < 1.29 is 14.3 Å². The number of benzene rings is 2. The van der Waals surface area contributed by atoms with Crippen LogP contribution in [0.5, 0.6) is 0 Å². The van der Waals surface area contributed by atoms with Crippen LogP contribution < -0.4 is 0 Å². The quantitative estimate of drug-likeness (QED) is 0.290. The van der Waals surface area contributed by atoms with Crippen molar-refractivity contribution in [3.05, 3.63) is 89.2 Å². The van der Waals surface area contributed by atoms with Gasteiger partial charge in [-0.15, -0.1) is 0 Å². The Kier molecular flexibility index (Phi) is 5.66. The van der Waals surface area contributed by atoms with E-state index in [-0.39, 0.29) is 18.4 Å². The molecular weight excluding hydrogens is 374 g/mol. The third-order valence-electron chi connectivity index (χ3n) is 5.44. The maximum Gasteiger partial charge on any atom is 0.355 e. The molecule has 0 saturated heterocycles. The van der Waals surface area contributed by atoms with Crippen molar-refractivity contribution in [2.75, 3.05) is 6.61 Å². The van der Waals surface area contributed by atoms with E-state index in [2.05, 4.69) is 6.92 Å². The zero-order valence-electron chi connectivity index (χ0n) is 17.4. The number of ether oxygens (including phenoxy) is 1. The highest BCUT2D eigenvalue weighted by atomic mass is 16.5. The lowest BCUT2D eigenvalue weighted by molar-refractivity contribution is 0.0517. The number of ketones is 1. The molecule has 0 aliphatic carbocycles. The maximum atomic E-state index is 13.7. The molecule has 4 rings (SSSR count). The van der Waals surface area contributed by atoms with Crippen LogP contribution in [0.1, 0.15) is 58.7 Å². The lowest BCUT2D eigenvalue weighted by Gasteiger charge is -2.07. The molecule has 4 aromatic rings. The third kappa shape index (κ3) is 3.39. The van der Waals surface area contributed by atoms with Crippen molar-refractivity contribution in [2.24, 2.45) is 0 Å². The molecule has 0 amide bonds. The Morgan fingerprint density at radius 1 is 0.933 bits per heavy atom. The normalized spacial score (nSPS) is 11.1. The van der Waals surface area contributed by atoms with Gasteiger partial charge in [0.15, 0.2) is 5.78 Å². The number of hydrogen-bond donors (Lipinski definition) is 0. The van der Waals surface area contributed by atoms with E-state index in [4.69, 9.17) is 4.74 Å². The summed E-state index contributed by atoms with van der Waals surface area (Å²) in [6, 6.07) is 19.2. The topological polar surface area (TPSA) is 47.8 Å². The van der Waals surface area contributed by atoms with Gasteiger partial charge in [-0.3, -0.25) is 4.79 Å². The first-order chi connectivity index (χ1) is 14.7. The number of aromatic nitrogens is 1. The van der Waals surface area contributed by atoms with Crippen LogP contribution in [-0.2, 0) is 11.2 Å². The zero-order chi connectivity index (χ0) is 21.1. The van der Waals surface area contributed by atoms with Crippen molar-refractivity contribution in [1.29, 1.82) is 0 Å². The smallest absolute Gasteiger partial charge is 0.355 e. The Morgan fingerprint density at radius 2 is 1.67 bits per heavy atom. The number of carbonyl (C=O) groups excluding carboxylic acids is 2. The molecular formula is C26H25NO3. The van der Waals surface area contributed by atoms with Gasteiger partial charge in [0.2, 0.25) is 0 Å². The van der Waals surface area contributed by atoms with Gasteiger partial charge in [0.1, 0.15) is 5.69 Å². The van der Waals surface area contributed by atoms with E-state index < -0.39 is 0 Å². The molecule has 0 N–H and O–H groups in total. The fourth-order valence-corrected chi connectivity index (χ4v) is 4.06. The van der Waals surface area contributed by atoms with Crippen LogP contribution in [0.3, 0.4) is 0 Å². The second-order valence-electron chi connectivity index (χ2n) is 7.34. The molecule has 0 saturated carbocycles. The van der Waals surface area contributed by atoms with Crippen LogP contribution in [-0.4, -0.2) is 22.8 Å². The summed E-state index contributed by atoms with van der Waals surface area (Å²) < 4.78 is 7.25. The van der Waals surface area contributed by atoms with Gasteiger partial charge in [0.05, 0.1) is 17.7 Å². The zero-order valence-corrected chi connectivity index (χ0v) is 17.4. The van der Waals surface area contributed by atoms with Crippen molar-refractivity contribution in [3.63, 3.8) is 0 Å². The molecule has 0 fully saturated rings. The number of pyridine rings is 1. The average molecular weight is 399 g/mol. The van der Waals surface area contributed by atoms with E-state index >= 15 is 0 Å². The van der Waals surface area contributed by atoms with Crippen LogP contribution in [0.25, 0.3) is 16.3 Å². The number of hydrogen-bond acceptors (Lipinski definition) is 3. The van der Waals surface area contributed by atoms with Crippen molar-refractivity contribution >= 4 is 28.0 Å². The summed E-state index contributed by atoms with van der Waals surface area (Å²) in [5, 5.41) is 1.98. The number of esters is 1. The van der Waals surface area contributed by atoms with Gasteiger partial charge in [-0.2, -0.15) is 0 Å².